The molecule has 0 unspecified atom stereocenters. The summed E-state index contributed by atoms with van der Waals surface area (Å²) in [5.74, 6) is 0.346. The van der Waals surface area contributed by atoms with Crippen LogP contribution in [0.4, 0.5) is 0 Å². The molecule has 20 heavy (non-hydrogen) atoms. The molecule has 1 aromatic heterocycles. The van der Waals surface area contributed by atoms with E-state index in [4.69, 9.17) is 10.5 Å². The van der Waals surface area contributed by atoms with Gasteiger partial charge in [-0.2, -0.15) is 0 Å². The molecule has 0 amide bonds. The molecule has 0 saturated heterocycles. The number of nitrogens with two attached hydrogens (primary N) is 1. The van der Waals surface area contributed by atoms with Gasteiger partial charge in [-0.1, -0.05) is 30.3 Å². The lowest BCUT2D eigenvalue weighted by Gasteiger charge is -2.10. The number of aryl methyl sites for hydroxylation is 1. The van der Waals surface area contributed by atoms with E-state index in [0.29, 0.717) is 18.9 Å². The second kappa shape index (κ2) is 8.64. The van der Waals surface area contributed by atoms with Crippen LogP contribution in [0.25, 0.3) is 0 Å². The lowest BCUT2D eigenvalue weighted by Crippen LogP contribution is -2.15. The Kier molecular flexibility index (Phi) is 7.99. The lowest BCUT2D eigenvalue weighted by atomic mass is 10.2. The molecule has 0 aliphatic carbocycles. The van der Waals surface area contributed by atoms with Crippen LogP contribution in [0, 0.1) is 0 Å². The quantitative estimate of drug-likeness (QED) is 0.941. The first kappa shape index (κ1) is 18.5. The van der Waals surface area contributed by atoms with Crippen LogP contribution in [0.5, 0.6) is 5.75 Å². The van der Waals surface area contributed by atoms with Crippen molar-refractivity contribution < 1.29 is 4.74 Å². The molecule has 2 N–H and O–H groups in total. The first-order valence-corrected chi connectivity index (χ1v) is 5.77. The van der Waals surface area contributed by atoms with E-state index in [0.717, 1.165) is 11.3 Å². The minimum atomic E-state index is -0.135. The van der Waals surface area contributed by atoms with Gasteiger partial charge in [-0.3, -0.25) is 4.79 Å². The number of halogens is 2. The number of nitrogens with zero attached hydrogens (tertiary/aromatic N) is 1. The topological polar surface area (TPSA) is 57.2 Å². The Morgan fingerprint density at radius 3 is 2.45 bits per heavy atom. The summed E-state index contributed by atoms with van der Waals surface area (Å²) in [6.45, 7) is 0.725. The van der Waals surface area contributed by atoms with Crippen molar-refractivity contribution in [2.24, 2.45) is 12.8 Å². The van der Waals surface area contributed by atoms with Crippen LogP contribution in [0.2, 0.25) is 0 Å². The van der Waals surface area contributed by atoms with Gasteiger partial charge < -0.3 is 15.0 Å². The van der Waals surface area contributed by atoms with Gasteiger partial charge in [0.1, 0.15) is 6.61 Å². The van der Waals surface area contributed by atoms with Crippen LogP contribution in [0.1, 0.15) is 11.3 Å². The van der Waals surface area contributed by atoms with Crippen molar-refractivity contribution in [1.29, 1.82) is 0 Å². The normalized spacial score (nSPS) is 9.30. The summed E-state index contributed by atoms with van der Waals surface area (Å²) in [6, 6.07) is 11.2. The van der Waals surface area contributed by atoms with Crippen molar-refractivity contribution in [2.45, 2.75) is 13.2 Å². The van der Waals surface area contributed by atoms with E-state index >= 15 is 0 Å². The van der Waals surface area contributed by atoms with E-state index < -0.39 is 0 Å². The predicted octanol–water partition coefficient (Wildman–Crippen LogP) is 2.27. The lowest BCUT2D eigenvalue weighted by molar-refractivity contribution is 0.300. The zero-order valence-corrected chi connectivity index (χ0v) is 12.7. The molecule has 2 rings (SSSR count). The van der Waals surface area contributed by atoms with Crippen LogP contribution >= 0.6 is 24.8 Å². The molecule has 0 atom stereocenters. The molecule has 6 heteroatoms. The third-order valence-electron chi connectivity index (χ3n) is 2.75. The summed E-state index contributed by atoms with van der Waals surface area (Å²) in [5, 5.41) is 0. The van der Waals surface area contributed by atoms with Crippen molar-refractivity contribution in [3.05, 3.63) is 64.1 Å². The number of aromatic nitrogens is 1. The minimum absolute atomic E-state index is 0. The van der Waals surface area contributed by atoms with Gasteiger partial charge in [-0.05, 0) is 5.56 Å². The van der Waals surface area contributed by atoms with Gasteiger partial charge in [0.25, 0.3) is 0 Å². The number of hydrogen-bond donors (Lipinski definition) is 1. The molecule has 2 aromatic rings. The molecule has 0 bridgehead atoms. The van der Waals surface area contributed by atoms with Gasteiger partial charge in [0.05, 0.1) is 6.20 Å². The van der Waals surface area contributed by atoms with E-state index in [9.17, 15) is 4.79 Å². The van der Waals surface area contributed by atoms with Crippen LogP contribution in [0.15, 0.2) is 47.4 Å². The van der Waals surface area contributed by atoms with Crippen molar-refractivity contribution in [3.63, 3.8) is 0 Å². The SMILES string of the molecule is Cl.Cl.Cn1cc(OCc2ccccc2)c(=O)cc1CN. The monoisotopic (exact) mass is 316 g/mol. The molecule has 110 valence electrons. The second-order valence-corrected chi connectivity index (χ2v) is 4.08. The third-order valence-corrected chi connectivity index (χ3v) is 2.75. The highest BCUT2D eigenvalue weighted by Gasteiger charge is 2.04. The fraction of sp³-hybridized carbons (Fsp3) is 0.214. The Bertz CT molecular complexity index is 585. The molecule has 0 saturated carbocycles. The van der Waals surface area contributed by atoms with Gasteiger partial charge in [0.15, 0.2) is 5.75 Å². The number of ether oxygens (including phenoxy) is 1. The molecular formula is C14H18Cl2N2O2. The average molecular weight is 317 g/mol. The first-order valence-electron chi connectivity index (χ1n) is 5.77. The number of benzene rings is 1. The molecule has 4 nitrogen and oxygen atoms in total. The molecule has 0 aliphatic heterocycles. The van der Waals surface area contributed by atoms with E-state index in [2.05, 4.69) is 0 Å². The van der Waals surface area contributed by atoms with Crippen LogP contribution in [-0.4, -0.2) is 4.57 Å². The maximum atomic E-state index is 11.8. The van der Waals surface area contributed by atoms with Crippen molar-refractivity contribution in [3.8, 4) is 5.75 Å². The molecular weight excluding hydrogens is 299 g/mol. The number of pyridine rings is 1. The Morgan fingerprint density at radius 2 is 1.85 bits per heavy atom. The molecule has 0 aliphatic rings. The summed E-state index contributed by atoms with van der Waals surface area (Å²) in [4.78, 5) is 11.8. The van der Waals surface area contributed by atoms with Crippen LogP contribution in [-0.2, 0) is 20.2 Å². The number of hydrogen-bond acceptors (Lipinski definition) is 3. The zero-order valence-electron chi connectivity index (χ0n) is 11.1. The van der Waals surface area contributed by atoms with Crippen LogP contribution < -0.4 is 15.9 Å². The summed E-state index contributed by atoms with van der Waals surface area (Å²) in [7, 11) is 1.84. The largest absolute Gasteiger partial charge is 0.483 e. The highest BCUT2D eigenvalue weighted by Crippen LogP contribution is 2.08. The Morgan fingerprint density at radius 1 is 1.20 bits per heavy atom. The van der Waals surface area contributed by atoms with Gasteiger partial charge >= 0.3 is 0 Å². The van der Waals surface area contributed by atoms with Gasteiger partial charge in [-0.15, -0.1) is 24.8 Å². The van der Waals surface area contributed by atoms with Crippen LogP contribution in [0.3, 0.4) is 0 Å². The number of rotatable bonds is 4. The summed E-state index contributed by atoms with van der Waals surface area (Å²) in [5.41, 5.74) is 7.21. The Labute approximate surface area is 130 Å². The van der Waals surface area contributed by atoms with Gasteiger partial charge in [0.2, 0.25) is 5.43 Å². The van der Waals surface area contributed by atoms with Crippen molar-refractivity contribution in [2.75, 3.05) is 0 Å². The van der Waals surface area contributed by atoms with Gasteiger partial charge in [-0.25, -0.2) is 0 Å². The van der Waals surface area contributed by atoms with E-state index in [1.54, 1.807) is 6.20 Å². The fourth-order valence-corrected chi connectivity index (χ4v) is 1.69. The standard InChI is InChI=1S/C14H16N2O2.2ClH/c1-16-9-14(13(17)7-12(16)8-15)18-10-11-5-3-2-4-6-11;;/h2-7,9H,8,10,15H2,1H3;2*1H. The average Bonchev–Trinajstić information content (AvgIpc) is 2.40. The molecule has 0 fully saturated rings. The predicted molar refractivity (Wildman–Crippen MR) is 84.8 cm³/mol. The molecule has 0 spiro atoms. The summed E-state index contributed by atoms with van der Waals surface area (Å²) >= 11 is 0. The van der Waals surface area contributed by atoms with E-state index in [1.165, 1.54) is 6.07 Å². The smallest absolute Gasteiger partial charge is 0.223 e. The maximum Gasteiger partial charge on any atom is 0.223 e. The van der Waals surface area contributed by atoms with Crippen molar-refractivity contribution in [1.82, 2.24) is 4.57 Å². The first-order chi connectivity index (χ1) is 8.70. The highest BCUT2D eigenvalue weighted by atomic mass is 35.5. The van der Waals surface area contributed by atoms with Crippen molar-refractivity contribution >= 4 is 24.8 Å². The minimum Gasteiger partial charge on any atom is -0.483 e. The Hall–Kier alpha value is -1.49. The molecule has 0 radical (unpaired) electrons. The summed E-state index contributed by atoms with van der Waals surface area (Å²) in [6.07, 6.45) is 1.67. The van der Waals surface area contributed by atoms with E-state index in [1.807, 2.05) is 41.9 Å². The maximum absolute atomic E-state index is 11.8. The summed E-state index contributed by atoms with van der Waals surface area (Å²) < 4.78 is 7.34. The molecule has 1 heterocycles. The van der Waals surface area contributed by atoms with E-state index in [-0.39, 0.29) is 30.2 Å². The molecule has 1 aromatic carbocycles. The van der Waals surface area contributed by atoms with Gasteiger partial charge in [0, 0.05) is 25.4 Å². The Balaban J connectivity index is 0.00000180. The zero-order chi connectivity index (χ0) is 13.0. The second-order valence-electron chi connectivity index (χ2n) is 4.08. The third kappa shape index (κ3) is 4.56. The highest BCUT2D eigenvalue weighted by molar-refractivity contribution is 5.85. The fourth-order valence-electron chi connectivity index (χ4n) is 1.69.